The molecule has 4 nitrogen and oxygen atoms in total. The van der Waals surface area contributed by atoms with Crippen LogP contribution in [0.1, 0.15) is 0 Å². The molecule has 0 aliphatic heterocycles. The highest BCUT2D eigenvalue weighted by molar-refractivity contribution is 7.21. The number of aromatic amines is 1. The van der Waals surface area contributed by atoms with Crippen molar-refractivity contribution in [1.29, 1.82) is 0 Å². The highest BCUT2D eigenvalue weighted by Gasteiger charge is 2.20. The van der Waals surface area contributed by atoms with E-state index in [4.69, 9.17) is 5.73 Å². The summed E-state index contributed by atoms with van der Waals surface area (Å²) in [5.41, 5.74) is 8.50. The Bertz CT molecular complexity index is 940. The Hall–Kier alpha value is -2.73. The molecule has 0 amide bonds. The quantitative estimate of drug-likeness (QED) is 0.586. The summed E-state index contributed by atoms with van der Waals surface area (Å²) in [5.74, 6) is -0.00850. The second-order valence-corrected chi connectivity index (χ2v) is 5.86. The van der Waals surface area contributed by atoms with E-state index < -0.39 is 0 Å². The molecule has 0 atom stereocenters. The van der Waals surface area contributed by atoms with Crippen LogP contribution >= 0.6 is 11.3 Å². The summed E-state index contributed by atoms with van der Waals surface area (Å²) in [6.07, 6.45) is 0. The molecule has 0 aliphatic rings. The van der Waals surface area contributed by atoms with E-state index in [-0.39, 0.29) is 5.82 Å². The summed E-state index contributed by atoms with van der Waals surface area (Å²) < 4.78 is 15.1. The van der Waals surface area contributed by atoms with E-state index >= 15 is 0 Å². The van der Waals surface area contributed by atoms with Gasteiger partial charge in [-0.15, -0.1) is 11.3 Å². The van der Waals surface area contributed by atoms with Gasteiger partial charge >= 0.3 is 0 Å². The normalized spacial score (nSPS) is 11.1. The first kappa shape index (κ1) is 13.0. The highest BCUT2D eigenvalue weighted by Crippen LogP contribution is 2.39. The van der Waals surface area contributed by atoms with Crippen LogP contribution in [0.25, 0.3) is 32.0 Å². The molecule has 4 aromatic rings. The first-order valence-corrected chi connectivity index (χ1v) is 7.50. The number of para-hydroxylation sites is 1. The number of hydrogen-bond acceptors (Lipinski definition) is 4. The molecule has 0 bridgehead atoms. The number of anilines is 1. The molecule has 2 aromatic heterocycles. The Kier molecular flexibility index (Phi) is 2.90. The van der Waals surface area contributed by atoms with Crippen LogP contribution in [-0.4, -0.2) is 15.2 Å². The Morgan fingerprint density at radius 2 is 1.82 bits per heavy atom. The fourth-order valence-electron chi connectivity index (χ4n) is 2.41. The minimum atomic E-state index is -0.325. The van der Waals surface area contributed by atoms with E-state index in [0.29, 0.717) is 22.6 Å². The lowest BCUT2D eigenvalue weighted by Crippen LogP contribution is -1.89. The Morgan fingerprint density at radius 1 is 1.05 bits per heavy atom. The second-order valence-electron chi connectivity index (χ2n) is 4.83. The molecule has 4 rings (SSSR count). The lowest BCUT2D eigenvalue weighted by atomic mass is 10.1. The molecule has 0 unspecified atom stereocenters. The number of fused-ring (bicyclic) bond motifs is 1. The maximum atomic E-state index is 14.1. The average molecular weight is 310 g/mol. The van der Waals surface area contributed by atoms with Gasteiger partial charge in [0.25, 0.3) is 0 Å². The van der Waals surface area contributed by atoms with Crippen molar-refractivity contribution < 1.29 is 4.39 Å². The number of thiazole rings is 1. The predicted octanol–water partition coefficient (Wildman–Crippen LogP) is 4.07. The van der Waals surface area contributed by atoms with Crippen LogP contribution in [0.3, 0.4) is 0 Å². The van der Waals surface area contributed by atoms with Crippen molar-refractivity contribution in [1.82, 2.24) is 15.2 Å². The van der Waals surface area contributed by atoms with Gasteiger partial charge in [-0.05, 0) is 24.3 Å². The van der Waals surface area contributed by atoms with Crippen LogP contribution in [0.4, 0.5) is 10.2 Å². The minimum absolute atomic E-state index is 0.317. The van der Waals surface area contributed by atoms with Crippen LogP contribution in [0.2, 0.25) is 0 Å². The zero-order chi connectivity index (χ0) is 15.1. The van der Waals surface area contributed by atoms with Gasteiger partial charge in [0.15, 0.2) is 5.82 Å². The van der Waals surface area contributed by atoms with Crippen molar-refractivity contribution in [2.45, 2.75) is 0 Å². The fourth-order valence-corrected chi connectivity index (χ4v) is 3.44. The smallest absolute Gasteiger partial charge is 0.156 e. The lowest BCUT2D eigenvalue weighted by Gasteiger charge is -2.02. The molecule has 0 aliphatic carbocycles. The van der Waals surface area contributed by atoms with E-state index in [1.165, 1.54) is 17.4 Å². The van der Waals surface area contributed by atoms with Crippen LogP contribution in [0.15, 0.2) is 48.5 Å². The summed E-state index contributed by atoms with van der Waals surface area (Å²) in [6.45, 7) is 0. The number of halogens is 1. The van der Waals surface area contributed by atoms with Crippen LogP contribution in [0, 0.1) is 5.82 Å². The van der Waals surface area contributed by atoms with Gasteiger partial charge in [-0.25, -0.2) is 9.37 Å². The Labute approximate surface area is 129 Å². The van der Waals surface area contributed by atoms with Crippen molar-refractivity contribution in [3.05, 3.63) is 54.3 Å². The third kappa shape index (κ3) is 1.96. The van der Waals surface area contributed by atoms with Crippen molar-refractivity contribution in [2.75, 3.05) is 5.73 Å². The molecule has 2 heterocycles. The molecule has 6 heteroatoms. The monoisotopic (exact) mass is 310 g/mol. The van der Waals surface area contributed by atoms with Gasteiger partial charge in [-0.2, -0.15) is 5.10 Å². The molecule has 108 valence electrons. The van der Waals surface area contributed by atoms with Crippen molar-refractivity contribution >= 4 is 27.4 Å². The van der Waals surface area contributed by atoms with Crippen LogP contribution in [0.5, 0.6) is 0 Å². The van der Waals surface area contributed by atoms with Crippen molar-refractivity contribution in [3.8, 4) is 21.8 Å². The first-order valence-electron chi connectivity index (χ1n) is 6.69. The van der Waals surface area contributed by atoms with Gasteiger partial charge in [0.2, 0.25) is 0 Å². The number of nitrogens with two attached hydrogens (primary N) is 1. The lowest BCUT2D eigenvalue weighted by molar-refractivity contribution is 0.630. The minimum Gasteiger partial charge on any atom is -0.382 e. The number of hydrogen-bond donors (Lipinski definition) is 2. The molecule has 22 heavy (non-hydrogen) atoms. The number of H-pyrrole nitrogens is 1. The van der Waals surface area contributed by atoms with Gasteiger partial charge < -0.3 is 5.73 Å². The topological polar surface area (TPSA) is 67.6 Å². The standard InChI is InChI=1S/C16H11FN4S/c17-10-6-2-1-5-9(10)14-13(15(18)21-20-14)16-19-11-7-3-4-8-12(11)22-16/h1-8H,(H3,18,20,21). The van der Waals surface area contributed by atoms with Gasteiger partial charge in [-0.3, -0.25) is 5.10 Å². The van der Waals surface area contributed by atoms with E-state index in [1.807, 2.05) is 24.3 Å². The molecule has 3 N–H and O–H groups in total. The maximum absolute atomic E-state index is 14.1. The zero-order valence-corrected chi connectivity index (χ0v) is 12.2. The summed E-state index contributed by atoms with van der Waals surface area (Å²) in [6, 6.07) is 14.4. The SMILES string of the molecule is Nc1n[nH]c(-c2ccccc2F)c1-c1nc2ccccc2s1. The first-order chi connectivity index (χ1) is 10.7. The van der Waals surface area contributed by atoms with Crippen LogP contribution in [-0.2, 0) is 0 Å². The van der Waals surface area contributed by atoms with Gasteiger partial charge in [0.05, 0.1) is 21.5 Å². The van der Waals surface area contributed by atoms with Crippen molar-refractivity contribution in [2.24, 2.45) is 0 Å². The Morgan fingerprint density at radius 3 is 2.64 bits per heavy atom. The number of benzene rings is 2. The second kappa shape index (κ2) is 4.92. The Balaban J connectivity index is 1.96. The van der Waals surface area contributed by atoms with E-state index in [1.54, 1.807) is 18.2 Å². The van der Waals surface area contributed by atoms with E-state index in [0.717, 1.165) is 15.2 Å². The molecular formula is C16H11FN4S. The molecular weight excluding hydrogens is 299 g/mol. The highest BCUT2D eigenvalue weighted by atomic mass is 32.1. The number of nitrogens with one attached hydrogen (secondary N) is 1. The maximum Gasteiger partial charge on any atom is 0.156 e. The summed E-state index contributed by atoms with van der Waals surface area (Å²) in [7, 11) is 0. The zero-order valence-electron chi connectivity index (χ0n) is 11.4. The summed E-state index contributed by atoms with van der Waals surface area (Å²) in [5, 5.41) is 7.59. The van der Waals surface area contributed by atoms with Crippen molar-refractivity contribution in [3.63, 3.8) is 0 Å². The largest absolute Gasteiger partial charge is 0.382 e. The van der Waals surface area contributed by atoms with E-state index in [9.17, 15) is 4.39 Å². The number of rotatable bonds is 2. The molecule has 0 saturated carbocycles. The van der Waals surface area contributed by atoms with Gasteiger partial charge in [0.1, 0.15) is 10.8 Å². The summed E-state index contributed by atoms with van der Waals surface area (Å²) >= 11 is 1.51. The molecule has 2 aromatic carbocycles. The van der Waals surface area contributed by atoms with Crippen LogP contribution < -0.4 is 5.73 Å². The third-order valence-electron chi connectivity index (χ3n) is 3.45. The third-order valence-corrected chi connectivity index (χ3v) is 4.50. The molecule has 0 radical (unpaired) electrons. The van der Waals surface area contributed by atoms with Gasteiger partial charge in [0, 0.05) is 5.56 Å². The van der Waals surface area contributed by atoms with E-state index in [2.05, 4.69) is 15.2 Å². The molecule has 0 spiro atoms. The average Bonchev–Trinajstić information content (AvgIpc) is 3.10. The fraction of sp³-hybridized carbons (Fsp3) is 0. The number of nitrogens with zero attached hydrogens (tertiary/aromatic N) is 2. The summed E-state index contributed by atoms with van der Waals surface area (Å²) in [4.78, 5) is 4.59. The predicted molar refractivity (Wildman–Crippen MR) is 87.0 cm³/mol. The molecule has 0 saturated heterocycles. The number of aromatic nitrogens is 3. The number of nitrogen functional groups attached to an aromatic ring is 1. The molecule has 0 fully saturated rings. The van der Waals surface area contributed by atoms with Gasteiger partial charge in [-0.1, -0.05) is 24.3 Å².